The molecule has 162 valence electrons. The second-order valence-corrected chi connectivity index (χ2v) is 8.85. The van der Waals surface area contributed by atoms with Gasteiger partial charge < -0.3 is 20.3 Å². The number of carbonyl (C=O) groups is 1. The molecule has 2 aliphatic rings. The second-order valence-electron chi connectivity index (χ2n) is 8.45. The standard InChI is InChI=1S/C24H27ClN4O2/c1-16-3-5-17(6-4-16)13-24(15-26)7-9-29(10-8-24)23(30)22-14-28-20-11-18(25)19(27-2)12-21(20)31-22/h3-6,11-12,22,27-28H,7-10,13-14H2,1-2H3. The molecule has 2 aromatic rings. The summed E-state index contributed by atoms with van der Waals surface area (Å²) in [4.78, 5) is 14.9. The average molecular weight is 439 g/mol. The SMILES string of the molecule is CNc1cc2c(cc1Cl)NCC(C(=O)N1CCC(C#N)(Cc3ccc(C)cc3)CC1)O2. The van der Waals surface area contributed by atoms with Crippen molar-refractivity contribution in [1.82, 2.24) is 4.90 Å². The number of hydrogen-bond donors (Lipinski definition) is 2. The molecule has 1 fully saturated rings. The molecule has 0 saturated carbocycles. The average Bonchev–Trinajstić information content (AvgIpc) is 2.80. The number of rotatable bonds is 4. The van der Waals surface area contributed by atoms with Crippen molar-refractivity contribution in [3.8, 4) is 11.8 Å². The van der Waals surface area contributed by atoms with Crippen molar-refractivity contribution in [2.24, 2.45) is 5.41 Å². The number of piperidine rings is 1. The first-order valence-corrected chi connectivity index (χ1v) is 11.0. The summed E-state index contributed by atoms with van der Waals surface area (Å²) in [6.45, 7) is 3.58. The van der Waals surface area contributed by atoms with Crippen LogP contribution in [0.1, 0.15) is 24.0 Å². The Hall–Kier alpha value is -2.91. The van der Waals surface area contributed by atoms with Gasteiger partial charge in [0, 0.05) is 26.2 Å². The summed E-state index contributed by atoms with van der Waals surface area (Å²) in [6.07, 6.45) is 1.46. The van der Waals surface area contributed by atoms with Crippen LogP contribution in [0.2, 0.25) is 5.02 Å². The van der Waals surface area contributed by atoms with E-state index in [1.807, 2.05) is 11.0 Å². The molecule has 6 nitrogen and oxygen atoms in total. The molecular formula is C24H27ClN4O2. The molecule has 2 aliphatic heterocycles. The molecule has 7 heteroatoms. The predicted molar refractivity (Wildman–Crippen MR) is 123 cm³/mol. The summed E-state index contributed by atoms with van der Waals surface area (Å²) < 4.78 is 6.01. The Balaban J connectivity index is 1.40. The van der Waals surface area contributed by atoms with E-state index in [-0.39, 0.29) is 5.91 Å². The first-order valence-electron chi connectivity index (χ1n) is 10.6. The fourth-order valence-corrected chi connectivity index (χ4v) is 4.56. The number of nitrogens with zero attached hydrogens (tertiary/aromatic N) is 2. The fourth-order valence-electron chi connectivity index (χ4n) is 4.30. The van der Waals surface area contributed by atoms with Crippen molar-refractivity contribution in [3.63, 3.8) is 0 Å². The van der Waals surface area contributed by atoms with E-state index in [1.165, 1.54) is 11.1 Å². The van der Waals surface area contributed by atoms with Gasteiger partial charge in [-0.15, -0.1) is 0 Å². The number of nitrogens with one attached hydrogen (secondary N) is 2. The number of likely N-dealkylation sites (tertiary alicyclic amines) is 1. The Morgan fingerprint density at radius 1 is 1.32 bits per heavy atom. The van der Waals surface area contributed by atoms with Crippen LogP contribution >= 0.6 is 11.6 Å². The number of fused-ring (bicyclic) bond motifs is 1. The Kier molecular flexibility index (Phi) is 5.97. The zero-order valence-corrected chi connectivity index (χ0v) is 18.6. The maximum atomic E-state index is 13.1. The van der Waals surface area contributed by atoms with Crippen molar-refractivity contribution in [2.75, 3.05) is 37.3 Å². The summed E-state index contributed by atoms with van der Waals surface area (Å²) in [5.74, 6) is 0.571. The number of amides is 1. The van der Waals surface area contributed by atoms with E-state index in [2.05, 4.69) is 47.9 Å². The summed E-state index contributed by atoms with van der Waals surface area (Å²) in [5.41, 5.74) is 3.49. The number of anilines is 2. The van der Waals surface area contributed by atoms with Gasteiger partial charge in [0.25, 0.3) is 5.91 Å². The van der Waals surface area contributed by atoms with Crippen LogP contribution in [0.5, 0.6) is 5.75 Å². The van der Waals surface area contributed by atoms with Crippen LogP contribution in [0.25, 0.3) is 0 Å². The maximum absolute atomic E-state index is 13.1. The van der Waals surface area contributed by atoms with Crippen LogP contribution in [-0.4, -0.2) is 43.6 Å². The summed E-state index contributed by atoms with van der Waals surface area (Å²) in [5, 5.41) is 16.8. The molecule has 0 bridgehead atoms. The highest BCUT2D eigenvalue weighted by molar-refractivity contribution is 6.33. The Labute approximate surface area is 188 Å². The zero-order valence-electron chi connectivity index (χ0n) is 17.9. The lowest BCUT2D eigenvalue weighted by molar-refractivity contribution is -0.140. The van der Waals surface area contributed by atoms with Crippen molar-refractivity contribution in [2.45, 2.75) is 32.3 Å². The monoisotopic (exact) mass is 438 g/mol. The van der Waals surface area contributed by atoms with Gasteiger partial charge >= 0.3 is 0 Å². The highest BCUT2D eigenvalue weighted by Crippen LogP contribution is 2.38. The number of carbonyl (C=O) groups excluding carboxylic acids is 1. The number of nitriles is 1. The molecule has 1 unspecified atom stereocenters. The lowest BCUT2D eigenvalue weighted by atomic mass is 9.75. The van der Waals surface area contributed by atoms with Crippen LogP contribution in [0.3, 0.4) is 0 Å². The van der Waals surface area contributed by atoms with Gasteiger partial charge in [0.1, 0.15) is 5.75 Å². The van der Waals surface area contributed by atoms with Gasteiger partial charge in [-0.2, -0.15) is 5.26 Å². The molecule has 1 amide bonds. The Bertz CT molecular complexity index is 1010. The summed E-state index contributed by atoms with van der Waals surface area (Å²) >= 11 is 6.23. The van der Waals surface area contributed by atoms with Crippen molar-refractivity contribution in [1.29, 1.82) is 5.26 Å². The van der Waals surface area contributed by atoms with Gasteiger partial charge in [0.05, 0.1) is 34.4 Å². The Morgan fingerprint density at radius 2 is 2.03 bits per heavy atom. The van der Waals surface area contributed by atoms with Gasteiger partial charge in [0.2, 0.25) is 0 Å². The van der Waals surface area contributed by atoms with Gasteiger partial charge in [-0.05, 0) is 37.8 Å². The minimum absolute atomic E-state index is 0.0408. The van der Waals surface area contributed by atoms with Gasteiger partial charge in [-0.1, -0.05) is 41.4 Å². The molecule has 1 saturated heterocycles. The van der Waals surface area contributed by atoms with E-state index in [0.717, 1.165) is 11.4 Å². The number of ether oxygens (including phenoxy) is 1. The third-order valence-corrected chi connectivity index (χ3v) is 6.61. The van der Waals surface area contributed by atoms with Crippen LogP contribution in [0, 0.1) is 23.7 Å². The third kappa shape index (κ3) is 4.42. The first kappa shape index (κ1) is 21.3. The summed E-state index contributed by atoms with van der Waals surface area (Å²) in [7, 11) is 1.79. The molecule has 31 heavy (non-hydrogen) atoms. The number of halogens is 1. The zero-order chi connectivity index (χ0) is 22.0. The van der Waals surface area contributed by atoms with E-state index in [9.17, 15) is 10.1 Å². The van der Waals surface area contributed by atoms with Gasteiger partial charge in [-0.3, -0.25) is 4.79 Å². The van der Waals surface area contributed by atoms with Gasteiger partial charge in [0.15, 0.2) is 6.10 Å². The lowest BCUT2D eigenvalue weighted by Crippen LogP contribution is -2.51. The van der Waals surface area contributed by atoms with Crippen molar-refractivity contribution < 1.29 is 9.53 Å². The second kappa shape index (κ2) is 8.68. The highest BCUT2D eigenvalue weighted by Gasteiger charge is 2.39. The minimum Gasteiger partial charge on any atom is -0.476 e. The first-order chi connectivity index (χ1) is 14.9. The van der Waals surface area contributed by atoms with Gasteiger partial charge in [-0.25, -0.2) is 0 Å². The molecule has 0 radical (unpaired) electrons. The maximum Gasteiger partial charge on any atom is 0.265 e. The number of aryl methyl sites for hydroxylation is 1. The third-order valence-electron chi connectivity index (χ3n) is 6.29. The molecule has 1 atom stereocenters. The predicted octanol–water partition coefficient (Wildman–Crippen LogP) is 4.24. The minimum atomic E-state index is -0.593. The molecule has 2 N–H and O–H groups in total. The quantitative estimate of drug-likeness (QED) is 0.746. The van der Waals surface area contributed by atoms with Crippen LogP contribution < -0.4 is 15.4 Å². The molecule has 2 aromatic carbocycles. The van der Waals surface area contributed by atoms with E-state index in [0.29, 0.717) is 49.7 Å². The normalized spacial score (nSPS) is 19.4. The van der Waals surface area contributed by atoms with Crippen LogP contribution in [0.15, 0.2) is 36.4 Å². The van der Waals surface area contributed by atoms with Crippen molar-refractivity contribution >= 4 is 28.9 Å². The highest BCUT2D eigenvalue weighted by atomic mass is 35.5. The van der Waals surface area contributed by atoms with E-state index in [1.54, 1.807) is 13.1 Å². The van der Waals surface area contributed by atoms with Crippen LogP contribution in [-0.2, 0) is 11.2 Å². The smallest absolute Gasteiger partial charge is 0.265 e. The van der Waals surface area contributed by atoms with E-state index in [4.69, 9.17) is 16.3 Å². The largest absolute Gasteiger partial charge is 0.476 e. The van der Waals surface area contributed by atoms with Crippen molar-refractivity contribution in [3.05, 3.63) is 52.5 Å². The van der Waals surface area contributed by atoms with E-state index >= 15 is 0 Å². The topological polar surface area (TPSA) is 77.4 Å². The number of hydrogen-bond acceptors (Lipinski definition) is 5. The van der Waals surface area contributed by atoms with E-state index < -0.39 is 11.5 Å². The lowest BCUT2D eigenvalue weighted by Gasteiger charge is -2.39. The molecule has 0 aliphatic carbocycles. The molecular weight excluding hydrogens is 412 g/mol. The molecule has 0 aromatic heterocycles. The Morgan fingerprint density at radius 3 is 2.68 bits per heavy atom. The number of benzene rings is 2. The molecule has 4 rings (SSSR count). The fraction of sp³-hybridized carbons (Fsp3) is 0.417. The van der Waals surface area contributed by atoms with Crippen LogP contribution in [0.4, 0.5) is 11.4 Å². The summed E-state index contributed by atoms with van der Waals surface area (Å²) in [6, 6.07) is 14.5. The molecule has 2 heterocycles. The molecule has 0 spiro atoms.